The molecule has 0 aliphatic heterocycles. The molecule has 3 heteroatoms. The third-order valence-corrected chi connectivity index (χ3v) is 18.7. The van der Waals surface area contributed by atoms with Gasteiger partial charge >= 0.3 is 169 Å². The number of hydrogen-bond acceptors (Lipinski definition) is 2. The van der Waals surface area contributed by atoms with E-state index in [1.54, 1.807) is 32.6 Å². The summed E-state index contributed by atoms with van der Waals surface area (Å²) in [6.07, 6.45) is 46.8. The first-order chi connectivity index (χ1) is 22.1. The van der Waals surface area contributed by atoms with Crippen molar-refractivity contribution >= 4 is 25.7 Å². The third-order valence-electron chi connectivity index (χ3n) is 9.64. The van der Waals surface area contributed by atoms with E-state index in [1.165, 1.54) is 180 Å². The summed E-state index contributed by atoms with van der Waals surface area (Å²) in [6, 6.07) is 0. The second-order valence-corrected chi connectivity index (χ2v) is 22.9. The van der Waals surface area contributed by atoms with Gasteiger partial charge in [0.2, 0.25) is 0 Å². The summed E-state index contributed by atoms with van der Waals surface area (Å²) in [7, 11) is 0. The van der Waals surface area contributed by atoms with Crippen molar-refractivity contribution in [3.63, 3.8) is 0 Å². The van der Waals surface area contributed by atoms with Crippen LogP contribution in [0.2, 0.25) is 13.3 Å². The van der Waals surface area contributed by atoms with Crippen molar-refractivity contribution in [2.24, 2.45) is 0 Å². The molecule has 0 aromatic rings. The second kappa shape index (κ2) is 44.3. The molecule has 0 aromatic heterocycles. The van der Waals surface area contributed by atoms with Crippen molar-refractivity contribution in [3.8, 4) is 0 Å². The first-order valence-corrected chi connectivity index (χ1v) is 27.2. The Morgan fingerprint density at radius 3 is 0.756 bits per heavy atom. The molecule has 0 atom stereocenters. The Morgan fingerprint density at radius 1 is 0.333 bits per heavy atom. The topological polar surface area (TPSA) is 40.1 Å². The number of carboxylic acid groups (broad SMARTS) is 1. The molecule has 0 saturated heterocycles. The van der Waals surface area contributed by atoms with Gasteiger partial charge in [-0.15, -0.1) is 0 Å². The molecule has 0 spiro atoms. The van der Waals surface area contributed by atoms with Crippen LogP contribution < -0.4 is 5.11 Å². The van der Waals surface area contributed by atoms with E-state index in [1.807, 2.05) is 0 Å². The molecule has 0 N–H and O–H groups in total. The maximum absolute atomic E-state index is 10.2. The minimum atomic E-state index is -1.02. The Hall–Kier alpha value is 0.269. The van der Waals surface area contributed by atoms with E-state index in [9.17, 15) is 9.90 Å². The first-order valence-electron chi connectivity index (χ1n) is 21.2. The van der Waals surface area contributed by atoms with Crippen LogP contribution in [0.4, 0.5) is 0 Å². The van der Waals surface area contributed by atoms with Crippen LogP contribution in [-0.2, 0) is 4.79 Å². The van der Waals surface area contributed by atoms with Gasteiger partial charge in [0.25, 0.3) is 0 Å². The average Bonchev–Trinajstić information content (AvgIpc) is 3.03. The molecule has 0 aliphatic carbocycles. The molecule has 0 unspecified atom stereocenters. The standard InChI is InChI=1S/C18H36O2.3C8H17.Sn/c1-2-3-4-5-6-7-8-9-10-11-12-13-14-15-16-17-18(19)20;3*1-3-5-7-8-6-4-2;/h2-17H2,1H3,(H,19,20);3*1,3-8H2,2H3;/q;;;;+1/p-1. The molecule has 0 amide bonds. The Morgan fingerprint density at radius 2 is 0.533 bits per heavy atom. The molecule has 0 rings (SSSR count). The Labute approximate surface area is 293 Å². The van der Waals surface area contributed by atoms with E-state index in [-0.39, 0.29) is 6.42 Å². The van der Waals surface area contributed by atoms with Crippen LogP contribution in [-0.4, -0.2) is 25.7 Å². The summed E-state index contributed by atoms with van der Waals surface area (Å²) in [4.78, 5) is 10.2. The predicted octanol–water partition coefficient (Wildman–Crippen LogP) is 14.6. The maximum atomic E-state index is 10.2. The zero-order valence-corrected chi connectivity index (χ0v) is 34.8. The fourth-order valence-electron chi connectivity index (χ4n) is 6.48. The number of rotatable bonds is 37. The van der Waals surface area contributed by atoms with E-state index in [0.717, 1.165) is 12.8 Å². The monoisotopic (exact) mass is 743 g/mol. The molecular weight excluding hydrogens is 655 g/mol. The van der Waals surface area contributed by atoms with Crippen LogP contribution in [0.25, 0.3) is 0 Å². The summed E-state index contributed by atoms with van der Waals surface area (Å²) < 4.78 is 5.16. The van der Waals surface area contributed by atoms with Gasteiger partial charge in [-0.2, -0.15) is 0 Å². The van der Waals surface area contributed by atoms with Gasteiger partial charge in [-0.25, -0.2) is 0 Å². The van der Waals surface area contributed by atoms with Crippen molar-refractivity contribution in [2.45, 2.75) is 259 Å². The molecular formula is C42H86O2Sn. The number of carbonyl (C=O) groups excluding carboxylic acids is 1. The van der Waals surface area contributed by atoms with Gasteiger partial charge in [0.05, 0.1) is 0 Å². The van der Waals surface area contributed by atoms with Gasteiger partial charge in [0.1, 0.15) is 0 Å². The molecule has 45 heavy (non-hydrogen) atoms. The van der Waals surface area contributed by atoms with E-state index in [2.05, 4.69) is 27.7 Å². The normalized spacial score (nSPS) is 11.0. The Kier molecular flexibility index (Phi) is 46.6. The Bertz CT molecular complexity index is 485. The van der Waals surface area contributed by atoms with Crippen LogP contribution >= 0.6 is 0 Å². The molecule has 0 bridgehead atoms. The fourth-order valence-corrected chi connectivity index (χ4v) is 15.0. The second-order valence-electron chi connectivity index (χ2n) is 14.4. The van der Waals surface area contributed by atoms with E-state index >= 15 is 0 Å². The van der Waals surface area contributed by atoms with E-state index in [0.29, 0.717) is 0 Å². The number of unbranched alkanes of at least 4 members (excludes halogenated alkanes) is 29. The van der Waals surface area contributed by atoms with Gasteiger partial charge in [0.15, 0.2) is 0 Å². The third kappa shape index (κ3) is 46.4. The van der Waals surface area contributed by atoms with Gasteiger partial charge in [-0.1, -0.05) is 96.8 Å². The Balaban J connectivity index is 0. The zero-order valence-electron chi connectivity index (χ0n) is 32.0. The number of hydrogen-bond donors (Lipinski definition) is 0. The molecule has 0 aromatic carbocycles. The molecule has 0 saturated carbocycles. The number of aliphatic carboxylic acids is 1. The SMILES string of the molecule is CCCCCCCCCCCCCCCCCC(=O)[O-].CCCCCCC[CH2][Sn+]([CH2]CCCCCCC)[CH2]CCCCCCC. The quantitative estimate of drug-likeness (QED) is 0.0470. The summed E-state index contributed by atoms with van der Waals surface area (Å²) in [5.74, 6) is -0.903. The van der Waals surface area contributed by atoms with Crippen LogP contribution in [0.5, 0.6) is 0 Å². The van der Waals surface area contributed by atoms with Crippen LogP contribution in [0.1, 0.15) is 246 Å². The molecule has 2 nitrogen and oxygen atoms in total. The van der Waals surface area contributed by atoms with Gasteiger partial charge in [-0.05, 0) is 12.8 Å². The molecule has 0 aliphatic rings. The molecule has 0 radical (unpaired) electrons. The van der Waals surface area contributed by atoms with Crippen molar-refractivity contribution < 1.29 is 9.90 Å². The molecule has 0 heterocycles. The molecule has 270 valence electrons. The van der Waals surface area contributed by atoms with E-state index in [4.69, 9.17) is 0 Å². The number of carboxylic acids is 1. The summed E-state index contributed by atoms with van der Waals surface area (Å²) >= 11 is -1.02. The number of carbonyl (C=O) groups is 1. The summed E-state index contributed by atoms with van der Waals surface area (Å²) in [5.41, 5.74) is 0. The summed E-state index contributed by atoms with van der Waals surface area (Å²) in [6.45, 7) is 9.25. The van der Waals surface area contributed by atoms with E-state index < -0.39 is 25.7 Å². The van der Waals surface area contributed by atoms with Crippen LogP contribution in [0.15, 0.2) is 0 Å². The van der Waals surface area contributed by atoms with Crippen molar-refractivity contribution in [1.29, 1.82) is 0 Å². The van der Waals surface area contributed by atoms with Crippen molar-refractivity contribution in [2.75, 3.05) is 0 Å². The summed E-state index contributed by atoms with van der Waals surface area (Å²) in [5, 5.41) is 10.2. The van der Waals surface area contributed by atoms with Gasteiger partial charge in [-0.3, -0.25) is 0 Å². The predicted molar refractivity (Wildman–Crippen MR) is 205 cm³/mol. The molecule has 0 fully saturated rings. The van der Waals surface area contributed by atoms with Crippen molar-refractivity contribution in [1.82, 2.24) is 0 Å². The zero-order chi connectivity index (χ0) is 33.3. The average molecular weight is 742 g/mol. The first kappa shape index (κ1) is 47.4. The van der Waals surface area contributed by atoms with Crippen LogP contribution in [0.3, 0.4) is 0 Å². The van der Waals surface area contributed by atoms with Gasteiger partial charge in [0, 0.05) is 5.97 Å². The van der Waals surface area contributed by atoms with Crippen LogP contribution in [0, 0.1) is 0 Å². The van der Waals surface area contributed by atoms with Crippen molar-refractivity contribution in [3.05, 3.63) is 0 Å². The fraction of sp³-hybridized carbons (Fsp3) is 0.976. The van der Waals surface area contributed by atoms with Gasteiger partial charge < -0.3 is 9.90 Å². The minimum absolute atomic E-state index is 0.234.